The number of fused-ring (bicyclic) bond motifs is 1. The fraction of sp³-hybridized carbons (Fsp3) is 0.625. The number of rotatable bonds is 5. The van der Waals surface area contributed by atoms with Crippen molar-refractivity contribution in [2.24, 2.45) is 0 Å². The van der Waals surface area contributed by atoms with Crippen LogP contribution in [0.4, 0.5) is 0 Å². The molecule has 2 heteroatoms. The van der Waals surface area contributed by atoms with Gasteiger partial charge in [-0.2, -0.15) is 0 Å². The van der Waals surface area contributed by atoms with Crippen LogP contribution in [0.2, 0.25) is 0 Å². The van der Waals surface area contributed by atoms with Crippen molar-refractivity contribution in [3.8, 4) is 5.75 Å². The van der Waals surface area contributed by atoms with Crippen molar-refractivity contribution in [2.75, 3.05) is 13.2 Å². The molecule has 0 saturated carbocycles. The van der Waals surface area contributed by atoms with Gasteiger partial charge in [0.15, 0.2) is 0 Å². The van der Waals surface area contributed by atoms with Gasteiger partial charge in [0.25, 0.3) is 0 Å². The Kier molecular flexibility index (Phi) is 4.65. The Morgan fingerprint density at radius 1 is 1.22 bits per heavy atom. The summed E-state index contributed by atoms with van der Waals surface area (Å²) in [7, 11) is 0. The molecule has 0 saturated heterocycles. The number of hydrogen-bond donors (Lipinski definition) is 1. The minimum Gasteiger partial charge on any atom is -0.493 e. The lowest BCUT2D eigenvalue weighted by molar-refractivity contribution is 0.252. The maximum atomic E-state index is 5.78. The van der Waals surface area contributed by atoms with Crippen LogP contribution in [0.15, 0.2) is 12.1 Å². The van der Waals surface area contributed by atoms with E-state index in [9.17, 15) is 0 Å². The molecule has 1 aromatic rings. The molecule has 1 aliphatic heterocycles. The van der Waals surface area contributed by atoms with E-state index in [1.807, 2.05) is 0 Å². The van der Waals surface area contributed by atoms with Gasteiger partial charge in [-0.05, 0) is 44.0 Å². The predicted molar refractivity (Wildman–Crippen MR) is 76.3 cm³/mol. The molecule has 0 spiro atoms. The van der Waals surface area contributed by atoms with Gasteiger partial charge in [0.2, 0.25) is 0 Å². The minimum absolute atomic E-state index is 0.477. The average molecular weight is 247 g/mol. The van der Waals surface area contributed by atoms with Crippen molar-refractivity contribution in [1.29, 1.82) is 0 Å². The standard InChI is InChI=1S/C16H25NO/c1-4-5-6-8-17-15-7-9-18-16-11-13(3)12(2)10-14(15)16/h10-11,15,17H,4-9H2,1-3H3. The molecule has 0 aliphatic carbocycles. The first-order chi connectivity index (χ1) is 8.72. The van der Waals surface area contributed by atoms with Gasteiger partial charge in [0.05, 0.1) is 6.61 Å². The third kappa shape index (κ3) is 3.05. The quantitative estimate of drug-likeness (QED) is 0.797. The second kappa shape index (κ2) is 6.24. The van der Waals surface area contributed by atoms with E-state index in [1.165, 1.54) is 36.0 Å². The van der Waals surface area contributed by atoms with Crippen LogP contribution < -0.4 is 10.1 Å². The van der Waals surface area contributed by atoms with Crippen LogP contribution in [0, 0.1) is 13.8 Å². The molecule has 0 amide bonds. The second-order valence-electron chi connectivity index (χ2n) is 5.33. The summed E-state index contributed by atoms with van der Waals surface area (Å²) >= 11 is 0. The first-order valence-electron chi connectivity index (χ1n) is 7.19. The van der Waals surface area contributed by atoms with E-state index >= 15 is 0 Å². The molecule has 0 fully saturated rings. The Bertz CT molecular complexity index is 400. The highest BCUT2D eigenvalue weighted by molar-refractivity contribution is 5.44. The lowest BCUT2D eigenvalue weighted by Gasteiger charge is -2.28. The molecular weight excluding hydrogens is 222 g/mol. The molecule has 1 N–H and O–H groups in total. The summed E-state index contributed by atoms with van der Waals surface area (Å²) in [6.07, 6.45) is 4.95. The number of benzene rings is 1. The van der Waals surface area contributed by atoms with Crippen LogP contribution in [0.5, 0.6) is 5.75 Å². The smallest absolute Gasteiger partial charge is 0.124 e. The molecule has 2 nitrogen and oxygen atoms in total. The Labute approximate surface area is 111 Å². The monoisotopic (exact) mass is 247 g/mol. The summed E-state index contributed by atoms with van der Waals surface area (Å²) < 4.78 is 5.78. The van der Waals surface area contributed by atoms with Crippen LogP contribution in [0.25, 0.3) is 0 Å². The maximum absolute atomic E-state index is 5.78. The van der Waals surface area contributed by atoms with E-state index in [0.717, 1.165) is 25.3 Å². The first kappa shape index (κ1) is 13.4. The molecule has 1 unspecified atom stereocenters. The largest absolute Gasteiger partial charge is 0.493 e. The Hall–Kier alpha value is -1.02. The maximum Gasteiger partial charge on any atom is 0.124 e. The van der Waals surface area contributed by atoms with Crippen LogP contribution in [0.1, 0.15) is 55.3 Å². The fourth-order valence-electron chi connectivity index (χ4n) is 2.51. The normalized spacial score (nSPS) is 18.3. The highest BCUT2D eigenvalue weighted by Gasteiger charge is 2.21. The average Bonchev–Trinajstić information content (AvgIpc) is 2.36. The number of unbranched alkanes of at least 4 members (excludes halogenated alkanes) is 2. The molecular formula is C16H25NO. The van der Waals surface area contributed by atoms with E-state index in [4.69, 9.17) is 4.74 Å². The summed E-state index contributed by atoms with van der Waals surface area (Å²) in [5.41, 5.74) is 4.03. The summed E-state index contributed by atoms with van der Waals surface area (Å²) in [6.45, 7) is 8.53. The van der Waals surface area contributed by atoms with E-state index in [-0.39, 0.29) is 0 Å². The van der Waals surface area contributed by atoms with E-state index < -0.39 is 0 Å². The number of hydrogen-bond acceptors (Lipinski definition) is 2. The Morgan fingerprint density at radius 3 is 2.78 bits per heavy atom. The van der Waals surface area contributed by atoms with Gasteiger partial charge in [-0.15, -0.1) is 0 Å². The minimum atomic E-state index is 0.477. The SMILES string of the molecule is CCCCCNC1CCOc2cc(C)c(C)cc21. The number of aryl methyl sites for hydroxylation is 2. The zero-order valence-electron chi connectivity index (χ0n) is 11.9. The Balaban J connectivity index is 2.05. The summed E-state index contributed by atoms with van der Waals surface area (Å²) in [6, 6.07) is 4.95. The van der Waals surface area contributed by atoms with Crippen LogP contribution in [0.3, 0.4) is 0 Å². The van der Waals surface area contributed by atoms with Gasteiger partial charge in [-0.25, -0.2) is 0 Å². The van der Waals surface area contributed by atoms with E-state index in [2.05, 4.69) is 38.2 Å². The topological polar surface area (TPSA) is 21.3 Å². The van der Waals surface area contributed by atoms with Crippen molar-refractivity contribution >= 4 is 0 Å². The van der Waals surface area contributed by atoms with Gasteiger partial charge in [-0.3, -0.25) is 0 Å². The summed E-state index contributed by atoms with van der Waals surface area (Å²) in [4.78, 5) is 0. The van der Waals surface area contributed by atoms with Gasteiger partial charge >= 0.3 is 0 Å². The van der Waals surface area contributed by atoms with Gasteiger partial charge in [0, 0.05) is 18.0 Å². The molecule has 100 valence electrons. The van der Waals surface area contributed by atoms with Crippen molar-refractivity contribution in [3.05, 3.63) is 28.8 Å². The lowest BCUT2D eigenvalue weighted by Crippen LogP contribution is -2.28. The van der Waals surface area contributed by atoms with Crippen LogP contribution in [-0.4, -0.2) is 13.2 Å². The molecule has 0 bridgehead atoms. The fourth-order valence-corrected chi connectivity index (χ4v) is 2.51. The third-order valence-electron chi connectivity index (χ3n) is 3.84. The molecule has 1 aliphatic rings. The third-order valence-corrected chi connectivity index (χ3v) is 3.84. The first-order valence-corrected chi connectivity index (χ1v) is 7.19. The zero-order valence-corrected chi connectivity index (χ0v) is 11.9. The highest BCUT2D eigenvalue weighted by Crippen LogP contribution is 2.34. The van der Waals surface area contributed by atoms with Crippen LogP contribution >= 0.6 is 0 Å². The predicted octanol–water partition coefficient (Wildman–Crippen LogP) is 3.91. The molecule has 1 atom stereocenters. The molecule has 1 aromatic carbocycles. The Morgan fingerprint density at radius 2 is 2.00 bits per heavy atom. The highest BCUT2D eigenvalue weighted by atomic mass is 16.5. The van der Waals surface area contributed by atoms with Crippen LogP contribution in [-0.2, 0) is 0 Å². The summed E-state index contributed by atoms with van der Waals surface area (Å²) in [5, 5.41) is 3.68. The molecule has 2 rings (SSSR count). The van der Waals surface area contributed by atoms with E-state index in [1.54, 1.807) is 0 Å². The van der Waals surface area contributed by atoms with Gasteiger partial charge in [0.1, 0.15) is 5.75 Å². The van der Waals surface area contributed by atoms with Crippen molar-refractivity contribution < 1.29 is 4.74 Å². The van der Waals surface area contributed by atoms with Gasteiger partial charge < -0.3 is 10.1 Å². The number of ether oxygens (including phenoxy) is 1. The molecule has 1 heterocycles. The van der Waals surface area contributed by atoms with Gasteiger partial charge in [-0.1, -0.05) is 25.8 Å². The lowest BCUT2D eigenvalue weighted by atomic mass is 9.96. The molecule has 0 radical (unpaired) electrons. The second-order valence-corrected chi connectivity index (χ2v) is 5.33. The zero-order chi connectivity index (χ0) is 13.0. The number of nitrogens with one attached hydrogen (secondary N) is 1. The van der Waals surface area contributed by atoms with Crippen molar-refractivity contribution in [2.45, 2.75) is 52.5 Å². The summed E-state index contributed by atoms with van der Waals surface area (Å²) in [5.74, 6) is 1.08. The van der Waals surface area contributed by atoms with Crippen molar-refractivity contribution in [1.82, 2.24) is 5.32 Å². The molecule has 18 heavy (non-hydrogen) atoms. The van der Waals surface area contributed by atoms with E-state index in [0.29, 0.717) is 6.04 Å². The van der Waals surface area contributed by atoms with Crippen molar-refractivity contribution in [3.63, 3.8) is 0 Å². The molecule has 0 aromatic heterocycles.